The van der Waals surface area contributed by atoms with Crippen molar-refractivity contribution in [1.29, 1.82) is 0 Å². The van der Waals surface area contributed by atoms with E-state index in [4.69, 9.17) is 14.5 Å². The Labute approximate surface area is 200 Å². The number of thioether (sulfide) groups is 1. The van der Waals surface area contributed by atoms with Crippen molar-refractivity contribution in [2.75, 3.05) is 31.4 Å². The number of rotatable bonds is 4. The van der Waals surface area contributed by atoms with Gasteiger partial charge in [0, 0.05) is 17.2 Å². The van der Waals surface area contributed by atoms with Crippen LogP contribution in [0, 0.1) is 0 Å². The predicted molar refractivity (Wildman–Crippen MR) is 126 cm³/mol. The number of fused-ring (bicyclic) bond motifs is 3. The van der Waals surface area contributed by atoms with Crippen LogP contribution in [0.3, 0.4) is 0 Å². The van der Waals surface area contributed by atoms with E-state index in [0.29, 0.717) is 28.9 Å². The van der Waals surface area contributed by atoms with E-state index in [9.17, 15) is 9.90 Å². The highest BCUT2D eigenvalue weighted by Crippen LogP contribution is 2.42. The lowest BCUT2D eigenvalue weighted by atomic mass is 10.0. The van der Waals surface area contributed by atoms with Gasteiger partial charge in [0.2, 0.25) is 5.88 Å². The van der Waals surface area contributed by atoms with Gasteiger partial charge >= 0.3 is 6.09 Å². The van der Waals surface area contributed by atoms with Crippen molar-refractivity contribution >= 4 is 50.5 Å². The maximum absolute atomic E-state index is 13.0. The number of aromatic nitrogens is 3. The first-order valence-electron chi connectivity index (χ1n) is 10.5. The van der Waals surface area contributed by atoms with Gasteiger partial charge in [0.1, 0.15) is 16.9 Å². The third-order valence-electron chi connectivity index (χ3n) is 5.84. The molecule has 11 heteroatoms. The number of anilines is 1. The van der Waals surface area contributed by atoms with E-state index in [1.165, 1.54) is 11.8 Å². The third kappa shape index (κ3) is 4.10. The molecular formula is C21H28BrN5O4S. The Morgan fingerprint density at radius 3 is 2.72 bits per heavy atom. The van der Waals surface area contributed by atoms with E-state index in [1.807, 2.05) is 31.9 Å². The molecule has 174 valence electrons. The third-order valence-corrected chi connectivity index (χ3v) is 6.99. The Morgan fingerprint density at radius 2 is 2.09 bits per heavy atom. The van der Waals surface area contributed by atoms with E-state index in [-0.39, 0.29) is 30.8 Å². The van der Waals surface area contributed by atoms with Crippen LogP contribution in [-0.2, 0) is 4.74 Å². The van der Waals surface area contributed by atoms with E-state index < -0.39 is 5.60 Å². The van der Waals surface area contributed by atoms with Gasteiger partial charge in [-0.2, -0.15) is 0 Å². The minimum atomic E-state index is -0.576. The molecule has 1 amide bonds. The lowest BCUT2D eigenvalue weighted by Gasteiger charge is -2.47. The number of ether oxygens (including phenoxy) is 2. The molecule has 2 saturated heterocycles. The fourth-order valence-corrected chi connectivity index (χ4v) is 5.42. The first-order chi connectivity index (χ1) is 15.2. The highest BCUT2D eigenvalue weighted by atomic mass is 79.9. The van der Waals surface area contributed by atoms with Crippen LogP contribution in [0.4, 0.5) is 10.6 Å². The second kappa shape index (κ2) is 8.83. The summed E-state index contributed by atoms with van der Waals surface area (Å²) in [5.41, 5.74) is 0.0298. The highest BCUT2D eigenvalue weighted by molar-refractivity contribution is 9.10. The minimum absolute atomic E-state index is 0.0251. The predicted octanol–water partition coefficient (Wildman–Crippen LogP) is 3.47. The van der Waals surface area contributed by atoms with Crippen molar-refractivity contribution in [3.8, 4) is 5.88 Å². The molecule has 0 aromatic carbocycles. The molecule has 4 rings (SSSR count). The summed E-state index contributed by atoms with van der Waals surface area (Å²) in [4.78, 5) is 30.7. The van der Waals surface area contributed by atoms with Crippen molar-refractivity contribution < 1.29 is 19.4 Å². The summed E-state index contributed by atoms with van der Waals surface area (Å²) in [6.07, 6.45) is 4.91. The molecule has 0 saturated carbocycles. The summed E-state index contributed by atoms with van der Waals surface area (Å²) in [6, 6.07) is -0.512. The minimum Gasteiger partial charge on any atom is -0.479 e. The van der Waals surface area contributed by atoms with Gasteiger partial charge < -0.3 is 19.5 Å². The summed E-state index contributed by atoms with van der Waals surface area (Å²) in [5, 5.41) is 11.8. The standard InChI is InChI=1S/C21H28BrN5O4S/c1-21(2,3)31-20(29)27-11-6-7-13(27)14(10-28)26(9-11)17-15-12(22)8-23-18(30-4)16(15)24-19(25-17)32-5/h8,11,13-14,28H,6-7,9-10H2,1-5H3/t11-,13+,14-/m1/s1. The van der Waals surface area contributed by atoms with Gasteiger partial charge in [-0.25, -0.2) is 19.7 Å². The van der Waals surface area contributed by atoms with Crippen molar-refractivity contribution in [2.24, 2.45) is 0 Å². The number of aliphatic hydroxyl groups is 1. The maximum Gasteiger partial charge on any atom is 0.410 e. The first-order valence-corrected chi connectivity index (χ1v) is 12.5. The summed E-state index contributed by atoms with van der Waals surface area (Å²) < 4.78 is 11.9. The number of pyridine rings is 1. The van der Waals surface area contributed by atoms with Gasteiger partial charge in [0.05, 0.1) is 37.2 Å². The molecular weight excluding hydrogens is 498 g/mol. The first kappa shape index (κ1) is 23.3. The summed E-state index contributed by atoms with van der Waals surface area (Å²) in [5.74, 6) is 1.12. The number of amides is 1. The number of carbonyl (C=O) groups excluding carboxylic acids is 1. The molecule has 2 aliphatic rings. The molecule has 32 heavy (non-hydrogen) atoms. The van der Waals surface area contributed by atoms with Gasteiger partial charge in [-0.05, 0) is 55.8 Å². The Hall–Kier alpha value is -1.85. The quantitative estimate of drug-likeness (QED) is 0.474. The number of methoxy groups -OCH3 is 1. The monoisotopic (exact) mass is 525 g/mol. The van der Waals surface area contributed by atoms with E-state index >= 15 is 0 Å². The Morgan fingerprint density at radius 1 is 1.34 bits per heavy atom. The van der Waals surface area contributed by atoms with Crippen molar-refractivity contribution in [2.45, 2.75) is 62.5 Å². The molecule has 9 nitrogen and oxygen atoms in total. The van der Waals surface area contributed by atoms with Crippen LogP contribution in [0.5, 0.6) is 5.88 Å². The Balaban J connectivity index is 1.79. The zero-order valence-electron chi connectivity index (χ0n) is 18.8. The molecule has 2 aliphatic heterocycles. The summed E-state index contributed by atoms with van der Waals surface area (Å²) in [7, 11) is 1.56. The normalized spacial score (nSPS) is 23.0. The summed E-state index contributed by atoms with van der Waals surface area (Å²) >= 11 is 5.03. The maximum atomic E-state index is 13.0. The second-order valence-corrected chi connectivity index (χ2v) is 10.6. The summed E-state index contributed by atoms with van der Waals surface area (Å²) in [6.45, 7) is 6.02. The van der Waals surface area contributed by atoms with Crippen LogP contribution < -0.4 is 9.64 Å². The lowest BCUT2D eigenvalue weighted by Crippen LogP contribution is -2.63. The Kier molecular flexibility index (Phi) is 6.43. The number of carbonyl (C=O) groups is 1. The number of piperazine rings is 1. The van der Waals surface area contributed by atoms with Crippen LogP contribution in [0.1, 0.15) is 33.6 Å². The van der Waals surface area contributed by atoms with E-state index in [0.717, 1.165) is 22.7 Å². The molecule has 2 bridgehead atoms. The average Bonchev–Trinajstić information content (AvgIpc) is 3.06. The van der Waals surface area contributed by atoms with Crippen LogP contribution in [0.15, 0.2) is 15.8 Å². The molecule has 0 radical (unpaired) electrons. The fourth-order valence-electron chi connectivity index (χ4n) is 4.60. The number of halogens is 1. The molecule has 1 N–H and O–H groups in total. The van der Waals surface area contributed by atoms with Gasteiger partial charge in [0.25, 0.3) is 0 Å². The molecule has 2 aromatic rings. The topological polar surface area (TPSA) is 101 Å². The molecule has 3 atom stereocenters. The second-order valence-electron chi connectivity index (χ2n) is 8.96. The SMILES string of the molecule is COc1ncc(Br)c2c(N3C[C@H]4CC[C@@H]([C@H]3CO)N4C(=O)OC(C)(C)C)nc(SC)nc12. The van der Waals surface area contributed by atoms with Crippen molar-refractivity contribution in [3.05, 3.63) is 10.7 Å². The van der Waals surface area contributed by atoms with Gasteiger partial charge in [-0.1, -0.05) is 11.8 Å². The van der Waals surface area contributed by atoms with E-state index in [2.05, 4.69) is 30.8 Å². The molecule has 2 fully saturated rings. The van der Waals surface area contributed by atoms with Crippen molar-refractivity contribution in [3.63, 3.8) is 0 Å². The smallest absolute Gasteiger partial charge is 0.410 e. The molecule has 0 aliphatic carbocycles. The fraction of sp³-hybridized carbons (Fsp3) is 0.619. The average molecular weight is 526 g/mol. The van der Waals surface area contributed by atoms with E-state index in [1.54, 1.807) is 13.3 Å². The molecule has 2 aromatic heterocycles. The molecule has 4 heterocycles. The molecule has 0 unspecified atom stereocenters. The lowest BCUT2D eigenvalue weighted by molar-refractivity contribution is 0.00460. The highest BCUT2D eigenvalue weighted by Gasteiger charge is 2.50. The van der Waals surface area contributed by atoms with Gasteiger partial charge in [0.15, 0.2) is 5.16 Å². The number of hydrogen-bond donors (Lipinski definition) is 1. The Bertz CT molecular complexity index is 1030. The number of aliphatic hydroxyl groups excluding tert-OH is 1. The van der Waals surface area contributed by atoms with Crippen molar-refractivity contribution in [1.82, 2.24) is 19.9 Å². The molecule has 0 spiro atoms. The number of nitrogens with zero attached hydrogens (tertiary/aromatic N) is 5. The van der Waals surface area contributed by atoms with Crippen LogP contribution in [0.25, 0.3) is 10.9 Å². The van der Waals surface area contributed by atoms with Gasteiger partial charge in [-0.15, -0.1) is 0 Å². The van der Waals surface area contributed by atoms with Crippen LogP contribution >= 0.6 is 27.7 Å². The number of hydrogen-bond acceptors (Lipinski definition) is 9. The zero-order chi connectivity index (χ0) is 23.2. The van der Waals surface area contributed by atoms with Gasteiger partial charge in [-0.3, -0.25) is 4.90 Å². The van der Waals surface area contributed by atoms with Crippen LogP contribution in [-0.4, -0.2) is 81.3 Å². The largest absolute Gasteiger partial charge is 0.479 e. The van der Waals surface area contributed by atoms with Crippen LogP contribution in [0.2, 0.25) is 0 Å². The zero-order valence-corrected chi connectivity index (χ0v) is 21.2.